The summed E-state index contributed by atoms with van der Waals surface area (Å²) in [6.07, 6.45) is 2.95. The van der Waals surface area contributed by atoms with Crippen molar-refractivity contribution in [3.8, 4) is 0 Å². The number of anilines is 1. The quantitative estimate of drug-likeness (QED) is 0.516. The van der Waals surface area contributed by atoms with Gasteiger partial charge in [-0.05, 0) is 62.3 Å². The lowest BCUT2D eigenvalue weighted by atomic mass is 9.88. The second kappa shape index (κ2) is 8.70. The number of thiophene rings is 1. The van der Waals surface area contributed by atoms with Crippen molar-refractivity contribution in [2.24, 2.45) is 5.92 Å². The van der Waals surface area contributed by atoms with E-state index >= 15 is 0 Å². The summed E-state index contributed by atoms with van der Waals surface area (Å²) < 4.78 is 29.5. The van der Waals surface area contributed by atoms with Crippen molar-refractivity contribution in [3.63, 3.8) is 0 Å². The van der Waals surface area contributed by atoms with Crippen molar-refractivity contribution in [1.82, 2.24) is 5.32 Å². The molecule has 3 aromatic rings. The van der Waals surface area contributed by atoms with Crippen molar-refractivity contribution < 1.29 is 22.4 Å². The summed E-state index contributed by atoms with van der Waals surface area (Å²) in [6, 6.07) is 4.77. The van der Waals surface area contributed by atoms with Crippen molar-refractivity contribution in [2.75, 3.05) is 16.8 Å². The Labute approximate surface area is 206 Å². The zero-order valence-electron chi connectivity index (χ0n) is 18.9. The van der Waals surface area contributed by atoms with Crippen molar-refractivity contribution in [1.29, 1.82) is 0 Å². The van der Waals surface area contributed by atoms with Crippen LogP contribution in [0.4, 0.5) is 5.00 Å². The molecule has 180 valence electrons. The van der Waals surface area contributed by atoms with Gasteiger partial charge in [-0.2, -0.15) is 0 Å². The van der Waals surface area contributed by atoms with Crippen LogP contribution in [0.15, 0.2) is 22.6 Å². The number of halogens is 1. The van der Waals surface area contributed by atoms with Crippen LogP contribution in [0.2, 0.25) is 5.02 Å². The number of hydrogen-bond acceptors (Lipinski definition) is 6. The molecule has 2 aliphatic rings. The highest BCUT2D eigenvalue weighted by Crippen LogP contribution is 2.40. The number of furan rings is 1. The largest absolute Gasteiger partial charge is 0.451 e. The number of fused-ring (bicyclic) bond motifs is 2. The normalized spacial score (nSPS) is 21.4. The van der Waals surface area contributed by atoms with Crippen LogP contribution in [0, 0.1) is 12.8 Å². The minimum Gasteiger partial charge on any atom is -0.451 e. The van der Waals surface area contributed by atoms with Crippen LogP contribution in [0.25, 0.3) is 11.0 Å². The molecule has 1 saturated heterocycles. The van der Waals surface area contributed by atoms with Gasteiger partial charge in [-0.15, -0.1) is 11.3 Å². The van der Waals surface area contributed by atoms with Crippen molar-refractivity contribution in [3.05, 3.63) is 50.5 Å². The summed E-state index contributed by atoms with van der Waals surface area (Å²) in [6.45, 7) is 3.97. The fraction of sp³-hybridized carbons (Fsp3) is 0.417. The molecular formula is C24H25ClN2O5S2. The van der Waals surface area contributed by atoms with E-state index < -0.39 is 21.8 Å². The van der Waals surface area contributed by atoms with Crippen LogP contribution < -0.4 is 10.6 Å². The van der Waals surface area contributed by atoms with E-state index in [4.69, 9.17) is 16.0 Å². The lowest BCUT2D eigenvalue weighted by molar-refractivity contribution is 0.0941. The second-order valence-electron chi connectivity index (χ2n) is 9.28. The van der Waals surface area contributed by atoms with Crippen LogP contribution in [-0.4, -0.2) is 37.8 Å². The summed E-state index contributed by atoms with van der Waals surface area (Å²) in [7, 11) is -3.12. The standard InChI is InChI=1S/C24H25ClN2O5S2/c1-12-3-5-16-19(9-12)33-24(20(16)22(28)26-15-7-8-34(30,31)11-15)27-23(29)21-13(2)17-10-14(25)4-6-18(17)32-21/h4,6,10,12,15H,3,5,7-9,11H2,1-2H3,(H,26,28)(H,27,29)/t12-,15+/m1/s1. The molecule has 7 nitrogen and oxygen atoms in total. The van der Waals surface area contributed by atoms with Gasteiger partial charge < -0.3 is 15.1 Å². The third-order valence-corrected chi connectivity index (χ3v) is 9.81. The molecule has 5 rings (SSSR count). The zero-order chi connectivity index (χ0) is 24.2. The van der Waals surface area contributed by atoms with Gasteiger partial charge in [0.25, 0.3) is 11.8 Å². The van der Waals surface area contributed by atoms with Gasteiger partial charge in [0.1, 0.15) is 10.6 Å². The van der Waals surface area contributed by atoms with E-state index in [1.165, 1.54) is 11.3 Å². The van der Waals surface area contributed by atoms with Gasteiger partial charge in [-0.25, -0.2) is 8.42 Å². The Balaban J connectivity index is 1.47. The highest BCUT2D eigenvalue weighted by atomic mass is 35.5. The second-order valence-corrected chi connectivity index (χ2v) is 13.1. The summed E-state index contributed by atoms with van der Waals surface area (Å²) in [4.78, 5) is 27.6. The Hall–Kier alpha value is -2.36. The number of rotatable bonds is 4. The van der Waals surface area contributed by atoms with Crippen LogP contribution in [0.5, 0.6) is 0 Å². The summed E-state index contributed by atoms with van der Waals surface area (Å²) >= 11 is 7.52. The summed E-state index contributed by atoms with van der Waals surface area (Å²) in [5.41, 5.74) is 2.63. The number of nitrogens with one attached hydrogen (secondary N) is 2. The number of amides is 2. The molecule has 34 heavy (non-hydrogen) atoms. The Bertz CT molecular complexity index is 1420. The van der Waals surface area contributed by atoms with E-state index in [2.05, 4.69) is 17.6 Å². The molecule has 0 radical (unpaired) electrons. The molecule has 2 aromatic heterocycles. The molecule has 0 bridgehead atoms. The third-order valence-electron chi connectivity index (χ3n) is 6.64. The molecule has 10 heteroatoms. The Morgan fingerprint density at radius 3 is 2.74 bits per heavy atom. The zero-order valence-corrected chi connectivity index (χ0v) is 21.3. The average Bonchev–Trinajstić information content (AvgIpc) is 3.40. The van der Waals surface area contributed by atoms with Gasteiger partial charge in [0.2, 0.25) is 0 Å². The lowest BCUT2D eigenvalue weighted by Gasteiger charge is -2.19. The summed E-state index contributed by atoms with van der Waals surface area (Å²) in [5, 5.41) is 7.59. The maximum atomic E-state index is 13.3. The van der Waals surface area contributed by atoms with Crippen LogP contribution in [0.1, 0.15) is 56.7 Å². The first-order chi connectivity index (χ1) is 16.1. The van der Waals surface area contributed by atoms with Gasteiger partial charge in [-0.1, -0.05) is 18.5 Å². The number of hydrogen-bond donors (Lipinski definition) is 2. The Morgan fingerprint density at radius 1 is 1.21 bits per heavy atom. The molecule has 1 aliphatic carbocycles. The van der Waals surface area contributed by atoms with E-state index in [1.54, 1.807) is 25.1 Å². The van der Waals surface area contributed by atoms with Gasteiger partial charge in [0.05, 0.1) is 17.1 Å². The maximum absolute atomic E-state index is 13.3. The van der Waals surface area contributed by atoms with E-state index in [-0.39, 0.29) is 23.2 Å². The minimum atomic E-state index is -3.12. The molecule has 0 unspecified atom stereocenters. The van der Waals surface area contributed by atoms with Crippen LogP contribution in [0.3, 0.4) is 0 Å². The first kappa shape index (κ1) is 23.4. The predicted molar refractivity (Wildman–Crippen MR) is 134 cm³/mol. The lowest BCUT2D eigenvalue weighted by Crippen LogP contribution is -2.36. The van der Waals surface area contributed by atoms with E-state index in [9.17, 15) is 18.0 Å². The Morgan fingerprint density at radius 2 is 2.00 bits per heavy atom. The van der Waals surface area contributed by atoms with Crippen LogP contribution in [-0.2, 0) is 22.7 Å². The highest BCUT2D eigenvalue weighted by Gasteiger charge is 2.33. The first-order valence-electron chi connectivity index (χ1n) is 11.3. The van der Waals surface area contributed by atoms with Crippen LogP contribution >= 0.6 is 22.9 Å². The molecule has 0 spiro atoms. The monoisotopic (exact) mass is 520 g/mol. The first-order valence-corrected chi connectivity index (χ1v) is 14.3. The molecule has 1 aliphatic heterocycles. The van der Waals surface area contributed by atoms with E-state index in [1.807, 2.05) is 0 Å². The number of aryl methyl sites for hydroxylation is 1. The number of carbonyl (C=O) groups excluding carboxylic acids is 2. The van der Waals surface area contributed by atoms with Gasteiger partial charge in [-0.3, -0.25) is 9.59 Å². The molecule has 1 aromatic carbocycles. The Kier molecular flexibility index (Phi) is 5.98. The molecule has 2 atom stereocenters. The predicted octanol–water partition coefficient (Wildman–Crippen LogP) is 4.75. The molecule has 0 saturated carbocycles. The van der Waals surface area contributed by atoms with E-state index in [0.717, 1.165) is 35.1 Å². The third kappa shape index (κ3) is 4.36. The molecule has 1 fully saturated rings. The molecule has 2 amide bonds. The number of carbonyl (C=O) groups is 2. The fourth-order valence-electron chi connectivity index (χ4n) is 4.82. The molecule has 2 N–H and O–H groups in total. The average molecular weight is 521 g/mol. The number of sulfone groups is 1. The fourth-order valence-corrected chi connectivity index (χ4v) is 8.06. The highest BCUT2D eigenvalue weighted by molar-refractivity contribution is 7.91. The smallest absolute Gasteiger partial charge is 0.292 e. The van der Waals surface area contributed by atoms with Crippen molar-refractivity contribution in [2.45, 2.75) is 45.6 Å². The van der Waals surface area contributed by atoms with Gasteiger partial charge >= 0.3 is 0 Å². The minimum absolute atomic E-state index is 0.0511. The van der Waals surface area contributed by atoms with Gasteiger partial charge in [0, 0.05) is 26.9 Å². The van der Waals surface area contributed by atoms with E-state index in [0.29, 0.717) is 39.1 Å². The molecular weight excluding hydrogens is 496 g/mol. The number of benzene rings is 1. The van der Waals surface area contributed by atoms with Crippen molar-refractivity contribution >= 4 is 60.6 Å². The van der Waals surface area contributed by atoms with Gasteiger partial charge in [0.15, 0.2) is 15.6 Å². The topological polar surface area (TPSA) is 105 Å². The summed E-state index contributed by atoms with van der Waals surface area (Å²) in [5.74, 6) is -0.0783. The SMILES string of the molecule is Cc1c(C(=O)Nc2sc3c(c2C(=O)N[C@H]2CCS(=O)(=O)C2)CC[C@@H](C)C3)oc2ccc(Cl)cc12. The molecule has 3 heterocycles. The maximum Gasteiger partial charge on any atom is 0.292 e.